The van der Waals surface area contributed by atoms with Crippen LogP contribution in [0, 0.1) is 0 Å². The maximum absolute atomic E-state index is 7.93. The Bertz CT molecular complexity index is 1960. The van der Waals surface area contributed by atoms with Gasteiger partial charge in [-0.3, -0.25) is 36.7 Å². The molecule has 11 rings (SSSR count). The Morgan fingerprint density at radius 3 is 0.826 bits per heavy atom. The molecule has 0 fully saturated rings. The Morgan fingerprint density at radius 1 is 0.348 bits per heavy atom. The molecule has 46 heavy (non-hydrogen) atoms. The van der Waals surface area contributed by atoms with Gasteiger partial charge in [0.1, 0.15) is 24.8 Å². The van der Waals surface area contributed by atoms with Crippen molar-refractivity contribution in [3.05, 3.63) is 148 Å². The fourth-order valence-electron chi connectivity index (χ4n) is 8.37. The molecule has 22 heteroatoms. The average molecular weight is 612 g/mol. The van der Waals surface area contributed by atoms with Crippen molar-refractivity contribution in [1.82, 2.24) is 57.1 Å². The normalized spacial score (nSPS) is 27.3. The number of hydrogen-bond donors (Lipinski definition) is 0. The molecule has 0 atom stereocenters. The summed E-state index contributed by atoms with van der Waals surface area (Å²) in [6.45, 7) is -10.1. The monoisotopic (exact) mass is 612 g/mol. The summed E-state index contributed by atoms with van der Waals surface area (Å²) in [5.74, 6) is 0. The molecule has 0 saturated heterocycles. The van der Waals surface area contributed by atoms with E-state index in [1.165, 1.54) is 0 Å². The van der Waals surface area contributed by atoms with Gasteiger partial charge in [-0.05, 0) is 49.1 Å². The lowest BCUT2D eigenvalue weighted by Gasteiger charge is -2.57. The standard InChI is InChI=1S/C24H24B4N16O2/c1-9-29-33(13-1)25-37-17-5-19-39(37)27(35-15-3-11-31-35,40-20-6-18-38(25)40)46-28(36-16-4-12-32-36)43-23-7-21-41(43)26(45-25,34-14-2-10-30-34)42-22-8-24-44(28)42/h1-24H/t25-,26-,27+,28+. The van der Waals surface area contributed by atoms with Gasteiger partial charge in [-0.15, -0.1) is 0 Å². The van der Waals surface area contributed by atoms with Crippen LogP contribution in [0.25, 0.3) is 0 Å². The van der Waals surface area contributed by atoms with Crippen LogP contribution in [0.1, 0.15) is 0 Å². The fraction of sp³-hybridized carbons (Fsp3) is 0. The molecule has 0 aromatic carbocycles. The zero-order chi connectivity index (χ0) is 30.1. The fourth-order valence-corrected chi connectivity index (χ4v) is 8.37. The summed E-state index contributed by atoms with van der Waals surface area (Å²) in [4.78, 5) is 0. The molecule has 0 N–H and O–H groups in total. The topological polar surface area (TPSA) is 125 Å². The van der Waals surface area contributed by atoms with E-state index in [-0.39, 0.29) is 0 Å². The first-order valence-corrected chi connectivity index (χ1v) is 15.1. The highest BCUT2D eigenvalue weighted by Gasteiger charge is 2.76. The number of fused-ring (bicyclic) bond motifs is 6. The summed E-state index contributed by atoms with van der Waals surface area (Å²) in [5.41, 5.74) is 0. The van der Waals surface area contributed by atoms with Crippen LogP contribution in [-0.4, -0.2) is 84.2 Å². The molecule has 0 spiro atoms. The highest BCUT2D eigenvalue weighted by atomic mass is 16.5. The Hall–Kier alpha value is -6.14. The third-order valence-corrected chi connectivity index (χ3v) is 9.94. The molecular formula is C24H24B4N16O2. The molecule has 3 aliphatic heterocycles. The van der Waals surface area contributed by atoms with Gasteiger partial charge in [-0.25, -0.2) is 20.4 Å². The molecule has 0 unspecified atom stereocenters. The van der Waals surface area contributed by atoms with E-state index < -0.39 is 27.0 Å². The first kappa shape index (κ1) is 24.2. The maximum Gasteiger partial charge on any atom is 0.674 e. The van der Waals surface area contributed by atoms with Crippen LogP contribution in [0.2, 0.25) is 0 Å². The molecule has 3 aliphatic rings. The SMILES string of the molecule is c1cnn([B@-]23O[B@@-]4(n5cccn5)n5ccc[n+]5[B@@-](n5cccn5)(O[B@-](n5cccn5)(n5ccc[n+]52)[n+]2cccn23)n2ccc[n+]24)c1. The number of hydrogen-bond acceptors (Lipinski definition) is 6. The zero-order valence-electron chi connectivity index (χ0n) is 24.1. The predicted octanol–water partition coefficient (Wildman–Crippen LogP) is -3.28. The van der Waals surface area contributed by atoms with Crippen molar-refractivity contribution in [2.75, 3.05) is 0 Å². The van der Waals surface area contributed by atoms with Gasteiger partial charge in [0.25, 0.3) is 0 Å². The lowest BCUT2D eigenvalue weighted by molar-refractivity contribution is -0.759. The van der Waals surface area contributed by atoms with Crippen molar-refractivity contribution in [3.8, 4) is 0 Å². The van der Waals surface area contributed by atoms with Crippen LogP contribution in [0.5, 0.6) is 0 Å². The largest absolute Gasteiger partial charge is 0.674 e. The molecule has 8 aromatic heterocycles. The number of aromatic nitrogens is 16. The van der Waals surface area contributed by atoms with Crippen molar-refractivity contribution in [2.45, 2.75) is 0 Å². The van der Waals surface area contributed by atoms with E-state index in [1.807, 2.05) is 141 Å². The second-order valence-electron chi connectivity index (χ2n) is 11.9. The zero-order valence-corrected chi connectivity index (χ0v) is 24.1. The summed E-state index contributed by atoms with van der Waals surface area (Å²) >= 11 is 0. The molecule has 0 amide bonds. The van der Waals surface area contributed by atoms with Crippen LogP contribution in [0.3, 0.4) is 0 Å². The summed E-state index contributed by atoms with van der Waals surface area (Å²) in [7, 11) is 0. The van der Waals surface area contributed by atoms with E-state index >= 15 is 0 Å². The van der Waals surface area contributed by atoms with Gasteiger partial charge in [-0.2, -0.15) is 0 Å². The molecule has 18 nitrogen and oxygen atoms in total. The smallest absolute Gasteiger partial charge is 0.607 e. The third-order valence-electron chi connectivity index (χ3n) is 9.94. The van der Waals surface area contributed by atoms with Gasteiger partial charge in [0.2, 0.25) is 0 Å². The Morgan fingerprint density at radius 2 is 0.609 bits per heavy atom. The molecule has 11 heterocycles. The van der Waals surface area contributed by atoms with Crippen molar-refractivity contribution in [2.24, 2.45) is 0 Å². The van der Waals surface area contributed by atoms with Gasteiger partial charge in [0, 0.05) is 73.8 Å². The second kappa shape index (κ2) is 7.92. The van der Waals surface area contributed by atoms with Crippen molar-refractivity contribution in [3.63, 3.8) is 0 Å². The Labute approximate surface area is 259 Å². The third kappa shape index (κ3) is 2.42. The van der Waals surface area contributed by atoms with Gasteiger partial charge in [0.15, 0.2) is 0 Å². The second-order valence-corrected chi connectivity index (χ2v) is 11.9. The molecule has 0 saturated carbocycles. The highest BCUT2D eigenvalue weighted by molar-refractivity contribution is 6.80. The molecule has 224 valence electrons. The molecule has 8 aromatic rings. The summed E-state index contributed by atoms with van der Waals surface area (Å²) in [6.07, 6.45) is 30.5. The first-order chi connectivity index (χ1) is 22.7. The number of rotatable bonds is 4. The van der Waals surface area contributed by atoms with Crippen LogP contribution in [0.4, 0.5) is 0 Å². The van der Waals surface area contributed by atoms with Crippen LogP contribution in [0.15, 0.2) is 148 Å². The minimum atomic E-state index is -2.52. The lowest BCUT2D eigenvalue weighted by Crippen LogP contribution is -3.06. The van der Waals surface area contributed by atoms with Gasteiger partial charge < -0.3 is 27.5 Å². The molecular weight excluding hydrogens is 588 g/mol. The Balaban J connectivity index is 1.41. The minimum Gasteiger partial charge on any atom is -0.607 e. The van der Waals surface area contributed by atoms with E-state index in [0.717, 1.165) is 0 Å². The summed E-state index contributed by atoms with van der Waals surface area (Å²) < 4.78 is 39.7. The summed E-state index contributed by atoms with van der Waals surface area (Å²) in [6, 6.07) is 15.5. The molecule has 0 radical (unpaired) electrons. The van der Waals surface area contributed by atoms with Crippen molar-refractivity contribution in [1.29, 1.82) is 0 Å². The number of nitrogens with zero attached hydrogens (tertiary/aromatic N) is 16. The predicted molar refractivity (Wildman–Crippen MR) is 157 cm³/mol. The highest BCUT2D eigenvalue weighted by Crippen LogP contribution is 2.28. The van der Waals surface area contributed by atoms with E-state index in [9.17, 15) is 0 Å². The van der Waals surface area contributed by atoms with E-state index in [2.05, 4.69) is 36.7 Å². The van der Waals surface area contributed by atoms with Crippen LogP contribution >= 0.6 is 0 Å². The van der Waals surface area contributed by atoms with Crippen molar-refractivity contribution >= 4 is 27.0 Å². The molecule has 0 aliphatic carbocycles. The first-order valence-electron chi connectivity index (χ1n) is 15.1. The summed E-state index contributed by atoms with van der Waals surface area (Å²) in [5, 5.41) is 19.4. The van der Waals surface area contributed by atoms with E-state index in [4.69, 9.17) is 29.5 Å². The lowest BCUT2D eigenvalue weighted by atomic mass is 9.63. The maximum atomic E-state index is 7.93. The minimum absolute atomic E-state index is 1.75. The van der Waals surface area contributed by atoms with Crippen LogP contribution < -0.4 is 18.4 Å². The van der Waals surface area contributed by atoms with Crippen LogP contribution in [-0.2, 0) is 9.14 Å². The van der Waals surface area contributed by atoms with Gasteiger partial charge in [-0.1, -0.05) is 0 Å². The van der Waals surface area contributed by atoms with E-state index in [1.54, 1.807) is 24.8 Å². The Kier molecular flexibility index (Phi) is 4.17. The van der Waals surface area contributed by atoms with Gasteiger partial charge >= 0.3 is 27.0 Å². The quantitative estimate of drug-likeness (QED) is 0.192. The van der Waals surface area contributed by atoms with Crippen molar-refractivity contribution < 1.29 is 27.5 Å². The molecule has 4 bridgehead atoms. The van der Waals surface area contributed by atoms with Gasteiger partial charge in [0.05, 0.1) is 0 Å². The van der Waals surface area contributed by atoms with E-state index in [0.29, 0.717) is 0 Å². The average Bonchev–Trinajstić information content (AvgIpc) is 3.93.